The van der Waals surface area contributed by atoms with Crippen molar-refractivity contribution in [2.75, 3.05) is 37.6 Å². The number of methoxy groups -OCH3 is 2. The zero-order valence-electron chi connectivity index (χ0n) is 20.0. The number of sulfone groups is 1. The molecule has 0 bridgehead atoms. The Morgan fingerprint density at radius 2 is 1.95 bits per heavy atom. The fourth-order valence-electron chi connectivity index (χ4n) is 4.08. The van der Waals surface area contributed by atoms with Gasteiger partial charge in [0.1, 0.15) is 22.3 Å². The number of thiazole rings is 1. The van der Waals surface area contributed by atoms with Gasteiger partial charge in [0, 0.05) is 18.5 Å². The molecule has 198 valence electrons. The summed E-state index contributed by atoms with van der Waals surface area (Å²) in [4.78, 5) is 42.4. The second-order valence-electron chi connectivity index (χ2n) is 8.28. The molecule has 1 N–H and O–H groups in total. The molecule has 0 unspecified atom stereocenters. The van der Waals surface area contributed by atoms with Crippen molar-refractivity contribution in [3.63, 3.8) is 0 Å². The zero-order chi connectivity index (χ0) is 26.7. The highest BCUT2D eigenvalue weighted by molar-refractivity contribution is 7.92. The maximum atomic E-state index is 13.7. The maximum Gasteiger partial charge on any atom is 0.341 e. The van der Waals surface area contributed by atoms with Crippen LogP contribution in [0.3, 0.4) is 0 Å². The molecule has 0 aliphatic heterocycles. The van der Waals surface area contributed by atoms with Crippen LogP contribution in [0.25, 0.3) is 10.2 Å². The van der Waals surface area contributed by atoms with E-state index in [0.29, 0.717) is 29.8 Å². The summed E-state index contributed by atoms with van der Waals surface area (Å²) in [6, 6.07) is 4.13. The van der Waals surface area contributed by atoms with Gasteiger partial charge in [-0.15, -0.1) is 11.3 Å². The maximum absolute atomic E-state index is 13.7. The second-order valence-corrected chi connectivity index (χ2v) is 12.5. The number of nitrogens with zero attached hydrogens (tertiary/aromatic N) is 2. The molecule has 0 saturated heterocycles. The number of thiophene rings is 1. The number of amides is 2. The van der Waals surface area contributed by atoms with E-state index in [0.717, 1.165) is 34.6 Å². The Morgan fingerprint density at radius 3 is 2.68 bits per heavy atom. The second kappa shape index (κ2) is 11.2. The lowest BCUT2D eigenvalue weighted by Gasteiger charge is -2.07. The minimum atomic E-state index is -4.18. The van der Waals surface area contributed by atoms with Crippen molar-refractivity contribution in [3.05, 3.63) is 44.8 Å². The van der Waals surface area contributed by atoms with E-state index in [1.54, 1.807) is 10.6 Å². The number of nitrogens with one attached hydrogen (secondary N) is 1. The first-order valence-corrected chi connectivity index (χ1v) is 14.7. The number of ether oxygens (including phenoxy) is 2. The molecule has 1 aromatic carbocycles. The third kappa shape index (κ3) is 6.14. The van der Waals surface area contributed by atoms with E-state index in [9.17, 15) is 27.2 Å². The lowest BCUT2D eigenvalue weighted by atomic mass is 10.1. The van der Waals surface area contributed by atoms with Gasteiger partial charge in [0.2, 0.25) is 5.91 Å². The molecule has 3 aromatic rings. The van der Waals surface area contributed by atoms with E-state index in [1.807, 2.05) is 0 Å². The van der Waals surface area contributed by atoms with Crippen LogP contribution in [0.5, 0.6) is 0 Å². The minimum absolute atomic E-state index is 0.193. The molecule has 0 spiro atoms. The fourth-order valence-corrected chi connectivity index (χ4v) is 7.49. The number of carbonyl (C=O) groups is 3. The molecular formula is C23H24FN3O7S3. The fraction of sp³-hybridized carbons (Fsp3) is 0.391. The van der Waals surface area contributed by atoms with Gasteiger partial charge in [0.25, 0.3) is 5.91 Å². The quantitative estimate of drug-likeness (QED) is 0.391. The van der Waals surface area contributed by atoms with Gasteiger partial charge in [-0.3, -0.25) is 9.59 Å². The summed E-state index contributed by atoms with van der Waals surface area (Å²) in [5.74, 6) is -4.83. The first-order valence-electron chi connectivity index (χ1n) is 11.2. The van der Waals surface area contributed by atoms with Crippen molar-refractivity contribution in [3.8, 4) is 0 Å². The van der Waals surface area contributed by atoms with Crippen molar-refractivity contribution in [1.82, 2.24) is 4.57 Å². The molecule has 0 atom stereocenters. The van der Waals surface area contributed by atoms with Crippen LogP contribution in [0.4, 0.5) is 9.39 Å². The lowest BCUT2D eigenvalue weighted by Crippen LogP contribution is -2.28. The molecule has 1 aliphatic rings. The van der Waals surface area contributed by atoms with E-state index >= 15 is 0 Å². The Labute approximate surface area is 219 Å². The summed E-state index contributed by atoms with van der Waals surface area (Å²) < 4.78 is 51.0. The number of rotatable bonds is 9. The van der Waals surface area contributed by atoms with E-state index in [4.69, 9.17) is 9.47 Å². The number of aryl methyl sites for hydroxylation is 1. The van der Waals surface area contributed by atoms with Crippen molar-refractivity contribution < 1.29 is 36.7 Å². The molecule has 0 saturated carbocycles. The van der Waals surface area contributed by atoms with E-state index in [2.05, 4.69) is 10.3 Å². The third-order valence-corrected chi connectivity index (χ3v) is 9.28. The molecule has 2 amide bonds. The van der Waals surface area contributed by atoms with Crippen molar-refractivity contribution in [1.29, 1.82) is 0 Å². The van der Waals surface area contributed by atoms with Crippen LogP contribution in [0.15, 0.2) is 23.2 Å². The molecule has 1 aliphatic carbocycles. The van der Waals surface area contributed by atoms with Gasteiger partial charge in [-0.1, -0.05) is 11.3 Å². The number of hydrogen-bond donors (Lipinski definition) is 1. The van der Waals surface area contributed by atoms with Gasteiger partial charge >= 0.3 is 5.97 Å². The standard InChI is InChI=1S/C23H24FN3O7S3/c1-33-9-8-27-15-7-6-13(24)10-17(15)36-23(27)26-19(29)12-37(31,32)11-18(28)25-21-20(22(30)34-2)14-4-3-5-16(14)35-21/h6-7,10H,3-5,8-9,11-12H2,1-2H3,(H,25,28). The van der Waals surface area contributed by atoms with Gasteiger partial charge in [-0.25, -0.2) is 17.6 Å². The molecule has 2 heterocycles. The van der Waals surface area contributed by atoms with Crippen LogP contribution >= 0.6 is 22.7 Å². The molecule has 4 rings (SSSR count). The number of carbonyl (C=O) groups excluding carboxylic acids is 3. The Morgan fingerprint density at radius 1 is 1.16 bits per heavy atom. The highest BCUT2D eigenvalue weighted by atomic mass is 32.2. The van der Waals surface area contributed by atoms with Crippen LogP contribution in [-0.2, 0) is 48.3 Å². The highest BCUT2D eigenvalue weighted by Gasteiger charge is 2.29. The van der Waals surface area contributed by atoms with E-state index in [-0.39, 0.29) is 15.4 Å². The third-order valence-electron chi connectivity index (χ3n) is 5.64. The Balaban J connectivity index is 1.50. The van der Waals surface area contributed by atoms with Gasteiger partial charge in [-0.05, 0) is 43.0 Å². The number of fused-ring (bicyclic) bond motifs is 2. The summed E-state index contributed by atoms with van der Waals surface area (Å²) in [7, 11) is -1.44. The molecule has 0 fully saturated rings. The van der Waals surface area contributed by atoms with Gasteiger partial charge < -0.3 is 19.4 Å². The summed E-state index contributed by atoms with van der Waals surface area (Å²) in [5, 5.41) is 2.74. The van der Waals surface area contributed by atoms with Crippen LogP contribution in [-0.4, -0.2) is 63.1 Å². The number of hydrogen-bond acceptors (Lipinski definition) is 9. The molecular weight excluding hydrogens is 545 g/mol. The Bertz CT molecular complexity index is 1550. The predicted molar refractivity (Wildman–Crippen MR) is 137 cm³/mol. The van der Waals surface area contributed by atoms with Gasteiger partial charge in [-0.2, -0.15) is 4.99 Å². The number of halogens is 1. The van der Waals surface area contributed by atoms with Crippen LogP contribution in [0.1, 0.15) is 27.2 Å². The molecule has 2 aromatic heterocycles. The molecule has 0 radical (unpaired) electrons. The molecule has 37 heavy (non-hydrogen) atoms. The van der Waals surface area contributed by atoms with E-state index < -0.39 is 44.9 Å². The van der Waals surface area contributed by atoms with Gasteiger partial charge in [0.15, 0.2) is 14.6 Å². The molecule has 10 nitrogen and oxygen atoms in total. The van der Waals surface area contributed by atoms with Crippen LogP contribution < -0.4 is 10.1 Å². The van der Waals surface area contributed by atoms with Crippen LogP contribution in [0.2, 0.25) is 0 Å². The van der Waals surface area contributed by atoms with Crippen molar-refractivity contribution >= 4 is 65.5 Å². The SMILES string of the molecule is COCCn1c(=NC(=O)CS(=O)(=O)CC(=O)Nc2sc3c(c2C(=O)OC)CCC3)sc2cc(F)ccc21. The lowest BCUT2D eigenvalue weighted by molar-refractivity contribution is -0.115. The monoisotopic (exact) mass is 569 g/mol. The van der Waals surface area contributed by atoms with Gasteiger partial charge in [0.05, 0.1) is 29.5 Å². The smallest absolute Gasteiger partial charge is 0.341 e. The molecule has 14 heteroatoms. The van der Waals surface area contributed by atoms with Crippen LogP contribution in [0, 0.1) is 5.82 Å². The number of esters is 1. The first-order chi connectivity index (χ1) is 17.6. The largest absolute Gasteiger partial charge is 0.465 e. The van der Waals surface area contributed by atoms with Crippen molar-refractivity contribution in [2.24, 2.45) is 4.99 Å². The summed E-state index contributed by atoms with van der Waals surface area (Å²) in [5.41, 5.74) is 1.69. The average molecular weight is 570 g/mol. The average Bonchev–Trinajstić information content (AvgIpc) is 3.48. The normalized spacial score (nSPS) is 13.6. The summed E-state index contributed by atoms with van der Waals surface area (Å²) in [6.07, 6.45) is 2.33. The topological polar surface area (TPSA) is 133 Å². The highest BCUT2D eigenvalue weighted by Crippen LogP contribution is 2.39. The zero-order valence-corrected chi connectivity index (χ0v) is 22.5. The number of aromatic nitrogens is 1. The Kier molecular flexibility index (Phi) is 8.21. The Hall–Kier alpha value is -2.94. The minimum Gasteiger partial charge on any atom is -0.465 e. The number of anilines is 1. The summed E-state index contributed by atoms with van der Waals surface area (Å²) >= 11 is 2.26. The van der Waals surface area contributed by atoms with E-state index in [1.165, 1.54) is 37.7 Å². The number of benzene rings is 1. The van der Waals surface area contributed by atoms with Crippen molar-refractivity contribution in [2.45, 2.75) is 25.8 Å². The predicted octanol–water partition coefficient (Wildman–Crippen LogP) is 2.31. The summed E-state index contributed by atoms with van der Waals surface area (Å²) in [6.45, 7) is 0.611. The first kappa shape index (κ1) is 27.1.